The summed E-state index contributed by atoms with van der Waals surface area (Å²) in [7, 11) is 0. The molecule has 0 aliphatic rings. The van der Waals surface area contributed by atoms with Crippen molar-refractivity contribution >= 4 is 17.4 Å². The van der Waals surface area contributed by atoms with Crippen molar-refractivity contribution in [2.24, 2.45) is 0 Å². The molecule has 0 radical (unpaired) electrons. The summed E-state index contributed by atoms with van der Waals surface area (Å²) in [6, 6.07) is 5.19. The first-order valence-corrected chi connectivity index (χ1v) is 4.46. The van der Waals surface area contributed by atoms with E-state index in [0.29, 0.717) is 22.9 Å². The highest BCUT2D eigenvalue weighted by molar-refractivity contribution is 6.35. The standard InChI is InChI=1S/C10H11ClO2/c1-3-13-9-6-4-5-8(7(2)12)10(9)11/h4-6H,3H2,1-2H3. The van der Waals surface area contributed by atoms with Gasteiger partial charge in [0, 0.05) is 5.56 Å². The average molecular weight is 199 g/mol. The Labute approximate surface area is 82.5 Å². The van der Waals surface area contributed by atoms with Gasteiger partial charge in [0.05, 0.1) is 11.6 Å². The first-order valence-electron chi connectivity index (χ1n) is 4.09. The minimum Gasteiger partial charge on any atom is -0.492 e. The van der Waals surface area contributed by atoms with Crippen LogP contribution in [0.4, 0.5) is 0 Å². The second-order valence-corrected chi connectivity index (χ2v) is 2.98. The van der Waals surface area contributed by atoms with Gasteiger partial charge in [-0.15, -0.1) is 0 Å². The molecular formula is C10H11ClO2. The Morgan fingerprint density at radius 2 is 2.23 bits per heavy atom. The van der Waals surface area contributed by atoms with Gasteiger partial charge < -0.3 is 4.74 Å². The van der Waals surface area contributed by atoms with Crippen molar-refractivity contribution in [2.45, 2.75) is 13.8 Å². The third kappa shape index (κ3) is 2.22. The molecule has 2 nitrogen and oxygen atoms in total. The van der Waals surface area contributed by atoms with Gasteiger partial charge >= 0.3 is 0 Å². The van der Waals surface area contributed by atoms with Crippen LogP contribution >= 0.6 is 11.6 Å². The smallest absolute Gasteiger partial charge is 0.161 e. The van der Waals surface area contributed by atoms with Crippen molar-refractivity contribution in [1.29, 1.82) is 0 Å². The molecule has 0 atom stereocenters. The molecule has 0 saturated heterocycles. The van der Waals surface area contributed by atoms with E-state index in [-0.39, 0.29) is 5.78 Å². The first kappa shape index (κ1) is 10.1. The molecule has 70 valence electrons. The molecule has 0 aliphatic heterocycles. The molecular weight excluding hydrogens is 188 g/mol. The first-order chi connectivity index (χ1) is 6.16. The molecule has 1 aromatic carbocycles. The Hall–Kier alpha value is -1.02. The number of carbonyl (C=O) groups is 1. The van der Waals surface area contributed by atoms with Crippen molar-refractivity contribution in [2.75, 3.05) is 6.61 Å². The zero-order valence-electron chi connectivity index (χ0n) is 7.63. The predicted molar refractivity (Wildman–Crippen MR) is 52.6 cm³/mol. The van der Waals surface area contributed by atoms with E-state index in [1.165, 1.54) is 6.92 Å². The van der Waals surface area contributed by atoms with Crippen molar-refractivity contribution in [1.82, 2.24) is 0 Å². The SMILES string of the molecule is CCOc1cccc(C(C)=O)c1Cl. The third-order valence-electron chi connectivity index (χ3n) is 1.64. The maximum atomic E-state index is 11.1. The zero-order valence-corrected chi connectivity index (χ0v) is 8.39. The molecule has 0 spiro atoms. The highest BCUT2D eigenvalue weighted by Gasteiger charge is 2.09. The van der Waals surface area contributed by atoms with Crippen LogP contribution in [-0.4, -0.2) is 12.4 Å². The Kier molecular flexibility index (Phi) is 3.32. The molecule has 1 aromatic rings. The largest absolute Gasteiger partial charge is 0.492 e. The quantitative estimate of drug-likeness (QED) is 0.698. The van der Waals surface area contributed by atoms with Crippen molar-refractivity contribution in [3.05, 3.63) is 28.8 Å². The number of carbonyl (C=O) groups excluding carboxylic acids is 1. The van der Waals surface area contributed by atoms with Gasteiger partial charge in [0.1, 0.15) is 5.75 Å². The Bertz CT molecular complexity index is 321. The van der Waals surface area contributed by atoms with Gasteiger partial charge in [-0.2, -0.15) is 0 Å². The molecule has 0 aliphatic carbocycles. The summed E-state index contributed by atoms with van der Waals surface area (Å²) in [5, 5.41) is 0.400. The monoisotopic (exact) mass is 198 g/mol. The van der Waals surface area contributed by atoms with Gasteiger partial charge in [0.2, 0.25) is 0 Å². The fourth-order valence-corrected chi connectivity index (χ4v) is 1.36. The summed E-state index contributed by atoms with van der Waals surface area (Å²) in [5.41, 5.74) is 0.507. The number of halogens is 1. The summed E-state index contributed by atoms with van der Waals surface area (Å²) in [5.74, 6) is 0.517. The van der Waals surface area contributed by atoms with E-state index in [2.05, 4.69) is 0 Å². The molecule has 0 heterocycles. The molecule has 13 heavy (non-hydrogen) atoms. The van der Waals surface area contributed by atoms with E-state index in [9.17, 15) is 4.79 Å². The van der Waals surface area contributed by atoms with Crippen molar-refractivity contribution < 1.29 is 9.53 Å². The highest BCUT2D eigenvalue weighted by atomic mass is 35.5. The van der Waals surface area contributed by atoms with Gasteiger partial charge in [-0.05, 0) is 26.0 Å². The molecule has 0 bridgehead atoms. The van der Waals surface area contributed by atoms with E-state index in [1.54, 1.807) is 18.2 Å². The summed E-state index contributed by atoms with van der Waals surface area (Å²) in [6.45, 7) is 3.90. The summed E-state index contributed by atoms with van der Waals surface area (Å²) in [6.07, 6.45) is 0. The second-order valence-electron chi connectivity index (χ2n) is 2.61. The highest BCUT2D eigenvalue weighted by Crippen LogP contribution is 2.28. The minimum absolute atomic E-state index is 0.0495. The molecule has 0 N–H and O–H groups in total. The molecule has 0 fully saturated rings. The van der Waals surface area contributed by atoms with E-state index in [1.807, 2.05) is 6.92 Å². The number of rotatable bonds is 3. The number of hydrogen-bond acceptors (Lipinski definition) is 2. The predicted octanol–water partition coefficient (Wildman–Crippen LogP) is 2.94. The van der Waals surface area contributed by atoms with Crippen LogP contribution in [0.5, 0.6) is 5.75 Å². The van der Waals surface area contributed by atoms with E-state index < -0.39 is 0 Å². The lowest BCUT2D eigenvalue weighted by atomic mass is 10.1. The van der Waals surface area contributed by atoms with Crippen LogP contribution in [0.2, 0.25) is 5.02 Å². The van der Waals surface area contributed by atoms with Crippen LogP contribution in [0, 0.1) is 0 Å². The van der Waals surface area contributed by atoms with Gasteiger partial charge in [-0.25, -0.2) is 0 Å². The summed E-state index contributed by atoms with van der Waals surface area (Å²) in [4.78, 5) is 11.1. The summed E-state index contributed by atoms with van der Waals surface area (Å²) >= 11 is 5.94. The minimum atomic E-state index is -0.0495. The lowest BCUT2D eigenvalue weighted by molar-refractivity contribution is 0.101. The van der Waals surface area contributed by atoms with Gasteiger partial charge in [0.15, 0.2) is 5.78 Å². The second kappa shape index (κ2) is 4.28. The van der Waals surface area contributed by atoms with Crippen LogP contribution in [0.1, 0.15) is 24.2 Å². The van der Waals surface area contributed by atoms with E-state index in [4.69, 9.17) is 16.3 Å². The molecule has 0 aromatic heterocycles. The average Bonchev–Trinajstić information content (AvgIpc) is 2.08. The number of hydrogen-bond donors (Lipinski definition) is 0. The fourth-order valence-electron chi connectivity index (χ4n) is 1.05. The molecule has 0 saturated carbocycles. The Morgan fingerprint density at radius 1 is 1.54 bits per heavy atom. The zero-order chi connectivity index (χ0) is 9.84. The van der Waals surface area contributed by atoms with Crippen LogP contribution in [-0.2, 0) is 0 Å². The van der Waals surface area contributed by atoms with Crippen LogP contribution in [0.25, 0.3) is 0 Å². The third-order valence-corrected chi connectivity index (χ3v) is 2.03. The van der Waals surface area contributed by atoms with Gasteiger partial charge in [0.25, 0.3) is 0 Å². The lowest BCUT2D eigenvalue weighted by Gasteiger charge is -2.07. The number of ketones is 1. The number of benzene rings is 1. The molecule has 1 rings (SSSR count). The van der Waals surface area contributed by atoms with E-state index in [0.717, 1.165) is 0 Å². The Morgan fingerprint density at radius 3 is 2.77 bits per heavy atom. The Balaban J connectivity index is 3.10. The molecule has 0 unspecified atom stereocenters. The molecule has 3 heteroatoms. The maximum absolute atomic E-state index is 11.1. The number of ether oxygens (including phenoxy) is 1. The summed E-state index contributed by atoms with van der Waals surface area (Å²) < 4.78 is 5.24. The maximum Gasteiger partial charge on any atom is 0.161 e. The molecule has 0 amide bonds. The van der Waals surface area contributed by atoms with Crippen LogP contribution in [0.3, 0.4) is 0 Å². The van der Waals surface area contributed by atoms with E-state index >= 15 is 0 Å². The normalized spacial score (nSPS) is 9.77. The van der Waals surface area contributed by atoms with Crippen molar-refractivity contribution in [3.8, 4) is 5.75 Å². The van der Waals surface area contributed by atoms with Crippen LogP contribution < -0.4 is 4.74 Å². The fraction of sp³-hybridized carbons (Fsp3) is 0.300. The lowest BCUT2D eigenvalue weighted by Crippen LogP contribution is -1.97. The van der Waals surface area contributed by atoms with Gasteiger partial charge in [-0.1, -0.05) is 17.7 Å². The number of Topliss-reactive ketones (excluding diaryl/α,β-unsaturated/α-hetero) is 1. The van der Waals surface area contributed by atoms with Crippen molar-refractivity contribution in [3.63, 3.8) is 0 Å². The topological polar surface area (TPSA) is 26.3 Å². The van der Waals surface area contributed by atoms with Crippen LogP contribution in [0.15, 0.2) is 18.2 Å². The van der Waals surface area contributed by atoms with Gasteiger partial charge in [-0.3, -0.25) is 4.79 Å².